The van der Waals surface area contributed by atoms with Crippen LogP contribution in [0.3, 0.4) is 0 Å². The Hall–Kier alpha value is -3.40. The van der Waals surface area contributed by atoms with Gasteiger partial charge in [-0.2, -0.15) is 0 Å². The molecule has 4 N–H and O–H groups in total. The lowest BCUT2D eigenvalue weighted by atomic mass is 10.1. The second-order valence-electron chi connectivity index (χ2n) is 6.48. The molecule has 3 rings (SSSR count). The number of esters is 2. The van der Waals surface area contributed by atoms with E-state index in [4.69, 9.17) is 4.74 Å². The standard InChI is InChI=1S/C16H19N5O10/c1-29-14(26)8-9(15(27)30-2)21(19-18-8)4-6-3-20(16(28)17-12(6)25)13-11(24)10(23)7(5-22)31-13/h3,7,10-11,13,22-24H,4-5H2,1-2H3,(H,17,25,28)/t7-,10-,11-,13-/m1/s1. The van der Waals surface area contributed by atoms with Gasteiger partial charge in [-0.1, -0.05) is 5.21 Å². The second-order valence-corrected chi connectivity index (χ2v) is 6.48. The summed E-state index contributed by atoms with van der Waals surface area (Å²) in [7, 11) is 2.14. The highest BCUT2D eigenvalue weighted by molar-refractivity contribution is 6.00. The Morgan fingerprint density at radius 3 is 2.45 bits per heavy atom. The fourth-order valence-electron chi connectivity index (χ4n) is 3.06. The summed E-state index contributed by atoms with van der Waals surface area (Å²) in [6.07, 6.45) is -4.57. The van der Waals surface area contributed by atoms with Gasteiger partial charge in [0.05, 0.1) is 32.9 Å². The van der Waals surface area contributed by atoms with Gasteiger partial charge in [0.1, 0.15) is 18.3 Å². The van der Waals surface area contributed by atoms with Gasteiger partial charge in [0.2, 0.25) is 5.69 Å². The van der Waals surface area contributed by atoms with Crippen molar-refractivity contribution in [2.45, 2.75) is 31.1 Å². The van der Waals surface area contributed by atoms with Crippen LogP contribution in [0.1, 0.15) is 32.8 Å². The third-order valence-corrected chi connectivity index (χ3v) is 4.65. The number of rotatable bonds is 6. The Morgan fingerprint density at radius 2 is 1.87 bits per heavy atom. The average molecular weight is 441 g/mol. The minimum atomic E-state index is -1.57. The summed E-state index contributed by atoms with van der Waals surface area (Å²) >= 11 is 0. The Kier molecular flexibility index (Phi) is 6.30. The summed E-state index contributed by atoms with van der Waals surface area (Å²) in [4.78, 5) is 50.5. The van der Waals surface area contributed by atoms with Gasteiger partial charge in [-0.05, 0) is 0 Å². The van der Waals surface area contributed by atoms with E-state index in [1.807, 2.05) is 4.98 Å². The molecular weight excluding hydrogens is 422 g/mol. The average Bonchev–Trinajstić information content (AvgIpc) is 3.30. The van der Waals surface area contributed by atoms with Gasteiger partial charge in [-0.3, -0.25) is 14.3 Å². The molecule has 3 heterocycles. The molecule has 15 heteroatoms. The third-order valence-electron chi connectivity index (χ3n) is 4.65. The van der Waals surface area contributed by atoms with Crippen molar-refractivity contribution in [2.24, 2.45) is 0 Å². The Bertz CT molecular complexity index is 1100. The molecule has 0 aromatic carbocycles. The number of aromatic amines is 1. The van der Waals surface area contributed by atoms with Crippen molar-refractivity contribution in [1.29, 1.82) is 0 Å². The predicted molar refractivity (Wildman–Crippen MR) is 96.1 cm³/mol. The number of carbonyl (C=O) groups excluding carboxylic acids is 2. The monoisotopic (exact) mass is 441 g/mol. The minimum absolute atomic E-state index is 0.135. The molecule has 0 unspecified atom stereocenters. The molecule has 2 aromatic heterocycles. The van der Waals surface area contributed by atoms with Gasteiger partial charge in [-0.15, -0.1) is 5.10 Å². The van der Waals surface area contributed by atoms with E-state index in [1.54, 1.807) is 0 Å². The first-order valence-corrected chi connectivity index (χ1v) is 8.80. The lowest BCUT2D eigenvalue weighted by molar-refractivity contribution is -0.0551. The predicted octanol–water partition coefficient (Wildman–Crippen LogP) is -3.64. The summed E-state index contributed by atoms with van der Waals surface area (Å²) in [6, 6.07) is 0. The zero-order valence-corrected chi connectivity index (χ0v) is 16.3. The minimum Gasteiger partial charge on any atom is -0.464 e. The van der Waals surface area contributed by atoms with Crippen molar-refractivity contribution in [3.05, 3.63) is 44.0 Å². The molecule has 0 bridgehead atoms. The van der Waals surface area contributed by atoms with Crippen molar-refractivity contribution in [3.63, 3.8) is 0 Å². The van der Waals surface area contributed by atoms with Gasteiger partial charge >= 0.3 is 17.6 Å². The van der Waals surface area contributed by atoms with E-state index in [0.717, 1.165) is 29.7 Å². The molecule has 15 nitrogen and oxygen atoms in total. The topological polar surface area (TPSA) is 208 Å². The van der Waals surface area contributed by atoms with Gasteiger partial charge in [0.15, 0.2) is 11.9 Å². The maximum atomic E-state index is 12.3. The highest BCUT2D eigenvalue weighted by Crippen LogP contribution is 2.28. The lowest BCUT2D eigenvalue weighted by Gasteiger charge is -2.18. The maximum Gasteiger partial charge on any atom is 0.361 e. The maximum absolute atomic E-state index is 12.3. The number of H-pyrrole nitrogens is 1. The number of hydrogen-bond acceptors (Lipinski definition) is 12. The number of aliphatic hydroxyl groups is 3. The van der Waals surface area contributed by atoms with Crippen LogP contribution in [0.5, 0.6) is 0 Å². The van der Waals surface area contributed by atoms with Crippen LogP contribution < -0.4 is 11.2 Å². The largest absolute Gasteiger partial charge is 0.464 e. The molecule has 0 radical (unpaired) electrons. The van der Waals surface area contributed by atoms with Crippen molar-refractivity contribution < 1.29 is 39.1 Å². The molecular formula is C16H19N5O10. The number of carbonyl (C=O) groups is 2. The van der Waals surface area contributed by atoms with Crippen LogP contribution in [-0.2, 0) is 20.8 Å². The SMILES string of the molecule is COC(=O)c1nnn(Cc2cn([C@@H]3O[C@H](CO)[C@@H](O)[C@H]3O)c(=O)[nH]c2=O)c1C(=O)OC. The first-order valence-electron chi connectivity index (χ1n) is 8.80. The van der Waals surface area contributed by atoms with Crippen LogP contribution in [0.25, 0.3) is 0 Å². The van der Waals surface area contributed by atoms with E-state index in [-0.39, 0.29) is 11.3 Å². The Balaban J connectivity index is 2.03. The normalized spacial score (nSPS) is 23.0. The number of aliphatic hydroxyl groups excluding tert-OH is 3. The molecule has 0 spiro atoms. The molecule has 2 aromatic rings. The molecule has 31 heavy (non-hydrogen) atoms. The van der Waals surface area contributed by atoms with E-state index in [9.17, 15) is 34.5 Å². The van der Waals surface area contributed by atoms with Crippen molar-refractivity contribution in [2.75, 3.05) is 20.8 Å². The lowest BCUT2D eigenvalue weighted by Crippen LogP contribution is -2.39. The molecule has 1 aliphatic heterocycles. The van der Waals surface area contributed by atoms with E-state index in [2.05, 4.69) is 19.8 Å². The van der Waals surface area contributed by atoms with Crippen LogP contribution in [0, 0.1) is 0 Å². The van der Waals surface area contributed by atoms with E-state index >= 15 is 0 Å². The first-order chi connectivity index (χ1) is 14.7. The van der Waals surface area contributed by atoms with E-state index < -0.39 is 66.6 Å². The number of aromatic nitrogens is 5. The molecule has 1 fully saturated rings. The number of ether oxygens (including phenoxy) is 3. The smallest absolute Gasteiger partial charge is 0.361 e. The summed E-state index contributed by atoms with van der Waals surface area (Å²) < 4.78 is 16.2. The summed E-state index contributed by atoms with van der Waals surface area (Å²) in [5, 5.41) is 36.5. The van der Waals surface area contributed by atoms with Gasteiger partial charge in [0, 0.05) is 6.20 Å². The van der Waals surface area contributed by atoms with Crippen LogP contribution in [0.4, 0.5) is 0 Å². The Morgan fingerprint density at radius 1 is 1.19 bits per heavy atom. The zero-order chi connectivity index (χ0) is 22.9. The van der Waals surface area contributed by atoms with Crippen LogP contribution >= 0.6 is 0 Å². The van der Waals surface area contributed by atoms with Crippen molar-refractivity contribution >= 4 is 11.9 Å². The summed E-state index contributed by atoms with van der Waals surface area (Å²) in [5.41, 5.74) is -2.77. The highest BCUT2D eigenvalue weighted by Gasteiger charge is 2.44. The number of nitrogens with zero attached hydrogens (tertiary/aromatic N) is 4. The molecule has 0 saturated carbocycles. The fourth-order valence-corrected chi connectivity index (χ4v) is 3.06. The molecule has 0 aliphatic carbocycles. The molecule has 1 saturated heterocycles. The molecule has 4 atom stereocenters. The van der Waals surface area contributed by atoms with Gasteiger partial charge in [-0.25, -0.2) is 19.1 Å². The van der Waals surface area contributed by atoms with Gasteiger partial charge < -0.3 is 29.5 Å². The van der Waals surface area contributed by atoms with Gasteiger partial charge in [0.25, 0.3) is 5.56 Å². The molecule has 168 valence electrons. The first kappa shape index (κ1) is 22.3. The summed E-state index contributed by atoms with van der Waals surface area (Å²) in [5.74, 6) is -1.93. The fraction of sp³-hybridized carbons (Fsp3) is 0.500. The van der Waals surface area contributed by atoms with Crippen molar-refractivity contribution in [1.82, 2.24) is 24.5 Å². The van der Waals surface area contributed by atoms with E-state index in [1.165, 1.54) is 0 Å². The molecule has 1 aliphatic rings. The quantitative estimate of drug-likeness (QED) is 0.320. The van der Waals surface area contributed by atoms with Crippen molar-refractivity contribution in [3.8, 4) is 0 Å². The van der Waals surface area contributed by atoms with Crippen LogP contribution in [-0.4, -0.2) is 90.9 Å². The third kappa shape index (κ3) is 3.98. The zero-order valence-electron chi connectivity index (χ0n) is 16.3. The summed E-state index contributed by atoms with van der Waals surface area (Å²) in [6.45, 7) is -1.05. The van der Waals surface area contributed by atoms with Crippen LogP contribution in [0.15, 0.2) is 15.8 Å². The van der Waals surface area contributed by atoms with E-state index in [0.29, 0.717) is 0 Å². The number of methoxy groups -OCH3 is 2. The number of nitrogens with one attached hydrogen (secondary N) is 1. The Labute approximate surface area is 172 Å². The molecule has 0 amide bonds. The van der Waals surface area contributed by atoms with Crippen LogP contribution in [0.2, 0.25) is 0 Å². The highest BCUT2D eigenvalue weighted by atomic mass is 16.6. The number of hydrogen-bond donors (Lipinski definition) is 4. The second kappa shape index (κ2) is 8.76.